The minimum absolute atomic E-state index is 0. The maximum atomic E-state index is 2.31. The fraction of sp³-hybridized carbons (Fsp3) is 0.143. The van der Waals surface area contributed by atoms with E-state index >= 15 is 0 Å². The maximum Gasteiger partial charge on any atom is 0 e. The van der Waals surface area contributed by atoms with Crippen LogP contribution >= 0.6 is 15.8 Å². The van der Waals surface area contributed by atoms with Crippen molar-refractivity contribution in [3.63, 3.8) is 0 Å². The van der Waals surface area contributed by atoms with Crippen LogP contribution in [0.25, 0.3) is 0 Å². The quantitative estimate of drug-likeness (QED) is 0.141. The molecule has 0 saturated carbocycles. The molecule has 0 N–H and O–H groups in total. The van der Waals surface area contributed by atoms with E-state index in [1.54, 1.807) is 0 Å². The van der Waals surface area contributed by atoms with Gasteiger partial charge in [0.25, 0.3) is 0 Å². The maximum absolute atomic E-state index is 2.31. The van der Waals surface area contributed by atoms with Gasteiger partial charge in [0.05, 0.1) is 0 Å². The van der Waals surface area contributed by atoms with E-state index < -0.39 is 0 Å². The van der Waals surface area contributed by atoms with Gasteiger partial charge in [-0.2, -0.15) is 0 Å². The molecule has 0 heterocycles. The summed E-state index contributed by atoms with van der Waals surface area (Å²) in [5.74, 6) is 0. The average molecular weight is 529 g/mol. The Morgan fingerprint density at radius 1 is 0.355 bits per heavy atom. The Hall–Kier alpha value is -1.64. The van der Waals surface area contributed by atoms with Gasteiger partial charge in [-0.3, -0.25) is 0 Å². The van der Waals surface area contributed by atoms with Gasteiger partial charge in [0.1, 0.15) is 0 Å². The summed E-state index contributed by atoms with van der Waals surface area (Å²) >= 11 is 0. The Kier molecular flexibility index (Phi) is 10.1. The van der Waals surface area contributed by atoms with Crippen molar-refractivity contribution < 1.29 is 19.5 Å². The van der Waals surface area contributed by atoms with Crippen LogP contribution in [0, 0.1) is 0 Å². The molecule has 31 heavy (non-hydrogen) atoms. The summed E-state index contributed by atoms with van der Waals surface area (Å²) in [5.41, 5.74) is 0. The Morgan fingerprint density at radius 2 is 0.581 bits per heavy atom. The van der Waals surface area contributed by atoms with Crippen molar-refractivity contribution in [3.05, 3.63) is 121 Å². The van der Waals surface area contributed by atoms with Crippen molar-refractivity contribution in [1.82, 2.24) is 0 Å². The van der Waals surface area contributed by atoms with Gasteiger partial charge in [-0.05, 0) is 62.2 Å². The van der Waals surface area contributed by atoms with Crippen molar-refractivity contribution in [2.24, 2.45) is 0 Å². The number of benzene rings is 4. The molecule has 0 fully saturated rings. The molecular weight excluding hydrogens is 501 g/mol. The summed E-state index contributed by atoms with van der Waals surface area (Å²) in [7, 11) is -0.566. The summed E-state index contributed by atoms with van der Waals surface area (Å²) < 4.78 is 0. The summed E-state index contributed by atoms with van der Waals surface area (Å²) in [4.78, 5) is 0. The monoisotopic (exact) mass is 529 g/mol. The smallest absolute Gasteiger partial charge is 0 e. The van der Waals surface area contributed by atoms with Crippen LogP contribution in [0.1, 0.15) is 12.8 Å². The fourth-order valence-electron chi connectivity index (χ4n) is 3.79. The third kappa shape index (κ3) is 6.92. The van der Waals surface area contributed by atoms with E-state index in [1.165, 1.54) is 46.4 Å². The summed E-state index contributed by atoms with van der Waals surface area (Å²) in [6.07, 6.45) is 5.06. The molecule has 3 heteroatoms. The largest absolute Gasteiger partial charge is 0.0622 e. The average Bonchev–Trinajstić information content (AvgIpc) is 2.84. The molecule has 0 unspecified atom stereocenters. The molecule has 0 amide bonds. The van der Waals surface area contributed by atoms with Crippen LogP contribution < -0.4 is 21.2 Å². The van der Waals surface area contributed by atoms with Crippen molar-refractivity contribution in [2.75, 3.05) is 12.3 Å². The molecule has 0 nitrogen and oxygen atoms in total. The number of hydrogen-bond donors (Lipinski definition) is 0. The van der Waals surface area contributed by atoms with Gasteiger partial charge in [0.2, 0.25) is 0 Å². The van der Waals surface area contributed by atoms with Crippen LogP contribution in [-0.2, 0) is 19.5 Å². The zero-order valence-corrected chi connectivity index (χ0v) is 21.0. The summed E-state index contributed by atoms with van der Waals surface area (Å²) in [6, 6.07) is 44.3. The van der Waals surface area contributed by atoms with Crippen LogP contribution in [0.3, 0.4) is 0 Å². The first-order chi connectivity index (χ1) is 14.9. The first-order valence-corrected chi connectivity index (χ1v) is 13.7. The second kappa shape index (κ2) is 13.0. The van der Waals surface area contributed by atoms with Crippen LogP contribution in [0.5, 0.6) is 0 Å². The van der Waals surface area contributed by atoms with Crippen molar-refractivity contribution in [1.29, 1.82) is 0 Å². The molecular formula is C28H28P2Rh. The molecule has 0 aromatic heterocycles. The number of hydrogen-bond acceptors (Lipinski definition) is 0. The minimum atomic E-state index is -0.283. The Bertz CT molecular complexity index is 828. The Labute approximate surface area is 202 Å². The first kappa shape index (κ1) is 24.0. The van der Waals surface area contributed by atoms with Crippen molar-refractivity contribution >= 4 is 37.1 Å². The molecule has 0 spiro atoms. The SMILES string of the molecule is [Rh].c1ccc(P(CCCCP(c2ccccc2)c2ccccc2)c2ccccc2)cc1. The summed E-state index contributed by atoms with van der Waals surface area (Å²) in [6.45, 7) is 0. The van der Waals surface area contributed by atoms with E-state index in [2.05, 4.69) is 121 Å². The van der Waals surface area contributed by atoms with E-state index in [9.17, 15) is 0 Å². The van der Waals surface area contributed by atoms with E-state index in [4.69, 9.17) is 0 Å². The minimum Gasteiger partial charge on any atom is -0.0622 e. The van der Waals surface area contributed by atoms with Crippen LogP contribution in [0.4, 0.5) is 0 Å². The topological polar surface area (TPSA) is 0 Å². The fourth-order valence-corrected chi connectivity index (χ4v) is 8.62. The molecule has 0 aliphatic heterocycles. The van der Waals surface area contributed by atoms with Crippen LogP contribution in [0.15, 0.2) is 121 Å². The van der Waals surface area contributed by atoms with Crippen LogP contribution in [0.2, 0.25) is 0 Å². The third-order valence-corrected chi connectivity index (χ3v) is 10.5. The molecule has 0 aliphatic carbocycles. The van der Waals surface area contributed by atoms with Gasteiger partial charge in [-0.25, -0.2) is 0 Å². The molecule has 1 radical (unpaired) electrons. The van der Waals surface area contributed by atoms with Gasteiger partial charge in [-0.1, -0.05) is 121 Å². The van der Waals surface area contributed by atoms with E-state index in [1.807, 2.05) is 0 Å². The van der Waals surface area contributed by atoms with Gasteiger partial charge < -0.3 is 0 Å². The first-order valence-electron chi connectivity index (χ1n) is 10.7. The van der Waals surface area contributed by atoms with Crippen LogP contribution in [-0.4, -0.2) is 12.3 Å². The second-order valence-corrected chi connectivity index (χ2v) is 12.0. The molecule has 0 atom stereocenters. The van der Waals surface area contributed by atoms with Gasteiger partial charge >= 0.3 is 0 Å². The predicted octanol–water partition coefficient (Wildman–Crippen LogP) is 6.03. The molecule has 4 aromatic rings. The zero-order chi connectivity index (χ0) is 20.4. The Balaban J connectivity index is 0.00000272. The van der Waals surface area contributed by atoms with Crippen molar-refractivity contribution in [3.8, 4) is 0 Å². The third-order valence-electron chi connectivity index (χ3n) is 5.28. The Morgan fingerprint density at radius 3 is 0.806 bits per heavy atom. The zero-order valence-electron chi connectivity index (χ0n) is 17.6. The van der Waals surface area contributed by atoms with Gasteiger partial charge in [-0.15, -0.1) is 0 Å². The van der Waals surface area contributed by atoms with Gasteiger partial charge in [0, 0.05) is 19.5 Å². The second-order valence-electron chi connectivity index (χ2n) is 7.35. The van der Waals surface area contributed by atoms with E-state index in [0.717, 1.165) is 0 Å². The molecule has 159 valence electrons. The number of rotatable bonds is 9. The standard InChI is InChI=1S/C28H28P2.Rh/c1-5-15-25(16-6-1)29(26-17-7-2-8-18-26)23-13-14-24-30(27-19-9-3-10-20-27)28-21-11-4-12-22-28;/h1-12,15-22H,13-14,23-24H2;. The van der Waals surface area contributed by atoms with Gasteiger partial charge in [0.15, 0.2) is 0 Å². The van der Waals surface area contributed by atoms with E-state index in [0.29, 0.717) is 0 Å². The molecule has 0 bridgehead atoms. The molecule has 4 aromatic carbocycles. The molecule has 4 rings (SSSR count). The normalized spacial score (nSPS) is 10.8. The van der Waals surface area contributed by atoms with E-state index in [-0.39, 0.29) is 35.3 Å². The molecule has 0 aliphatic rings. The number of unbranched alkanes of at least 4 members (excludes halogenated alkanes) is 1. The summed E-state index contributed by atoms with van der Waals surface area (Å²) in [5, 5.41) is 5.97. The molecule has 0 saturated heterocycles. The van der Waals surface area contributed by atoms with Crippen molar-refractivity contribution in [2.45, 2.75) is 12.8 Å². The predicted molar refractivity (Wildman–Crippen MR) is 137 cm³/mol.